The van der Waals surface area contributed by atoms with Gasteiger partial charge in [0.2, 0.25) is 5.91 Å². The molecule has 0 bridgehead atoms. The summed E-state index contributed by atoms with van der Waals surface area (Å²) in [6.07, 6.45) is 0.767. The third-order valence-corrected chi connectivity index (χ3v) is 3.78. The fourth-order valence-electron chi connectivity index (χ4n) is 2.20. The smallest absolute Gasteiger partial charge is 0.242 e. The fraction of sp³-hybridized carbons (Fsp3) is 0.385. The van der Waals surface area contributed by atoms with E-state index in [1.807, 2.05) is 19.1 Å². The van der Waals surface area contributed by atoms with Crippen LogP contribution in [0.25, 0.3) is 0 Å². The second kappa shape index (κ2) is 5.40. The molecule has 94 valence electrons. The molecule has 1 aliphatic heterocycles. The summed E-state index contributed by atoms with van der Waals surface area (Å²) in [4.78, 5) is 13.9. The second-order valence-corrected chi connectivity index (χ2v) is 5.04. The van der Waals surface area contributed by atoms with Crippen LogP contribution in [-0.2, 0) is 4.79 Å². The standard InChI is InChI=1S/C13H14BrN3O/c1-2-12-13(18)16-5-6-17(12)10-4-3-9(8-15)11(14)7-10/h3-4,7,12H,2,5-6H2,1H3,(H,16,18). The molecule has 5 heteroatoms. The Balaban J connectivity index is 2.32. The number of halogens is 1. The van der Waals surface area contributed by atoms with Gasteiger partial charge in [0.15, 0.2) is 0 Å². The van der Waals surface area contributed by atoms with Crippen molar-refractivity contribution in [2.75, 3.05) is 18.0 Å². The van der Waals surface area contributed by atoms with Gasteiger partial charge in [-0.2, -0.15) is 5.26 Å². The van der Waals surface area contributed by atoms with Gasteiger partial charge in [-0.1, -0.05) is 6.92 Å². The van der Waals surface area contributed by atoms with Gasteiger partial charge in [-0.15, -0.1) is 0 Å². The Bertz CT molecular complexity index is 509. The van der Waals surface area contributed by atoms with E-state index in [0.717, 1.165) is 23.1 Å². The Kier molecular flexibility index (Phi) is 3.87. The predicted molar refractivity (Wildman–Crippen MR) is 73.3 cm³/mol. The molecule has 0 aromatic heterocycles. The molecule has 2 rings (SSSR count). The number of hydrogen-bond donors (Lipinski definition) is 1. The highest BCUT2D eigenvalue weighted by atomic mass is 79.9. The first-order chi connectivity index (χ1) is 8.67. The van der Waals surface area contributed by atoms with E-state index in [9.17, 15) is 4.79 Å². The van der Waals surface area contributed by atoms with Crippen molar-refractivity contribution in [1.82, 2.24) is 5.32 Å². The van der Waals surface area contributed by atoms with Crippen LogP contribution in [0.15, 0.2) is 22.7 Å². The van der Waals surface area contributed by atoms with Crippen LogP contribution in [0.5, 0.6) is 0 Å². The number of benzene rings is 1. The topological polar surface area (TPSA) is 56.1 Å². The van der Waals surface area contributed by atoms with Gasteiger partial charge in [0.25, 0.3) is 0 Å². The first-order valence-corrected chi connectivity index (χ1v) is 6.70. The molecule has 1 saturated heterocycles. The van der Waals surface area contributed by atoms with Crippen molar-refractivity contribution in [3.8, 4) is 6.07 Å². The number of nitrogens with one attached hydrogen (secondary N) is 1. The Morgan fingerprint density at radius 2 is 2.39 bits per heavy atom. The zero-order chi connectivity index (χ0) is 13.1. The molecule has 1 amide bonds. The van der Waals surface area contributed by atoms with Crippen LogP contribution in [0.2, 0.25) is 0 Å². The van der Waals surface area contributed by atoms with E-state index in [4.69, 9.17) is 5.26 Å². The molecule has 1 aromatic rings. The average molecular weight is 308 g/mol. The SMILES string of the molecule is CCC1C(=O)NCCN1c1ccc(C#N)c(Br)c1. The largest absolute Gasteiger partial charge is 0.358 e. The van der Waals surface area contributed by atoms with E-state index in [1.165, 1.54) is 0 Å². The Labute approximate surface area is 115 Å². The zero-order valence-corrected chi connectivity index (χ0v) is 11.7. The molecule has 4 nitrogen and oxygen atoms in total. The molecule has 0 spiro atoms. The van der Waals surface area contributed by atoms with Crippen molar-refractivity contribution in [2.45, 2.75) is 19.4 Å². The van der Waals surface area contributed by atoms with Gasteiger partial charge in [-0.05, 0) is 40.5 Å². The molecule has 18 heavy (non-hydrogen) atoms. The van der Waals surface area contributed by atoms with E-state index in [-0.39, 0.29) is 11.9 Å². The molecule has 1 fully saturated rings. The molecular weight excluding hydrogens is 294 g/mol. The third kappa shape index (κ3) is 2.34. The van der Waals surface area contributed by atoms with Crippen molar-refractivity contribution >= 4 is 27.5 Å². The second-order valence-electron chi connectivity index (χ2n) is 4.18. The van der Waals surface area contributed by atoms with Gasteiger partial charge in [0.05, 0.1) is 5.56 Å². The number of carbonyl (C=O) groups excluding carboxylic acids is 1. The van der Waals surface area contributed by atoms with Gasteiger partial charge < -0.3 is 10.2 Å². The average Bonchev–Trinajstić information content (AvgIpc) is 2.38. The van der Waals surface area contributed by atoms with Crippen molar-refractivity contribution in [3.05, 3.63) is 28.2 Å². The Morgan fingerprint density at radius 3 is 3.00 bits per heavy atom. The predicted octanol–water partition coefficient (Wildman–Crippen LogP) is 2.04. The fourth-order valence-corrected chi connectivity index (χ4v) is 2.66. The highest BCUT2D eigenvalue weighted by Gasteiger charge is 2.28. The summed E-state index contributed by atoms with van der Waals surface area (Å²) in [7, 11) is 0. The summed E-state index contributed by atoms with van der Waals surface area (Å²) >= 11 is 3.38. The normalized spacial score (nSPS) is 19.3. The number of hydrogen-bond acceptors (Lipinski definition) is 3. The number of nitriles is 1. The summed E-state index contributed by atoms with van der Waals surface area (Å²) in [5.41, 5.74) is 1.58. The zero-order valence-electron chi connectivity index (χ0n) is 10.1. The Morgan fingerprint density at radius 1 is 1.61 bits per heavy atom. The minimum atomic E-state index is -0.126. The Hall–Kier alpha value is -1.54. The lowest BCUT2D eigenvalue weighted by molar-refractivity contribution is -0.123. The molecule has 1 N–H and O–H groups in total. The lowest BCUT2D eigenvalue weighted by atomic mass is 10.1. The van der Waals surface area contributed by atoms with Crippen LogP contribution in [0, 0.1) is 11.3 Å². The van der Waals surface area contributed by atoms with Crippen molar-refractivity contribution in [2.24, 2.45) is 0 Å². The maximum Gasteiger partial charge on any atom is 0.242 e. The number of rotatable bonds is 2. The van der Waals surface area contributed by atoms with E-state index in [2.05, 4.69) is 32.2 Å². The number of piperazine rings is 1. The summed E-state index contributed by atoms with van der Waals surface area (Å²) < 4.78 is 0.767. The summed E-state index contributed by atoms with van der Waals surface area (Å²) in [6, 6.07) is 7.56. The van der Waals surface area contributed by atoms with Crippen LogP contribution in [0.1, 0.15) is 18.9 Å². The van der Waals surface area contributed by atoms with Crippen molar-refractivity contribution in [3.63, 3.8) is 0 Å². The van der Waals surface area contributed by atoms with Crippen LogP contribution < -0.4 is 10.2 Å². The summed E-state index contributed by atoms with van der Waals surface area (Å²) in [5.74, 6) is 0.0734. The number of nitrogens with zero attached hydrogens (tertiary/aromatic N) is 2. The summed E-state index contributed by atoms with van der Waals surface area (Å²) in [6.45, 7) is 3.46. The molecule has 0 aliphatic carbocycles. The molecule has 1 aromatic carbocycles. The van der Waals surface area contributed by atoms with E-state index in [0.29, 0.717) is 12.1 Å². The lowest BCUT2D eigenvalue weighted by Gasteiger charge is -2.36. The van der Waals surface area contributed by atoms with Crippen LogP contribution in [0.3, 0.4) is 0 Å². The minimum Gasteiger partial charge on any atom is -0.358 e. The molecule has 1 heterocycles. The maximum atomic E-state index is 11.8. The van der Waals surface area contributed by atoms with Crippen molar-refractivity contribution in [1.29, 1.82) is 5.26 Å². The molecular formula is C13H14BrN3O. The number of amides is 1. The van der Waals surface area contributed by atoms with Gasteiger partial charge in [-0.25, -0.2) is 0 Å². The minimum absolute atomic E-state index is 0.0734. The highest BCUT2D eigenvalue weighted by Crippen LogP contribution is 2.26. The van der Waals surface area contributed by atoms with Gasteiger partial charge in [0.1, 0.15) is 12.1 Å². The van der Waals surface area contributed by atoms with Crippen LogP contribution in [-0.4, -0.2) is 25.0 Å². The summed E-state index contributed by atoms with van der Waals surface area (Å²) in [5, 5.41) is 11.8. The van der Waals surface area contributed by atoms with E-state index in [1.54, 1.807) is 6.07 Å². The quantitative estimate of drug-likeness (QED) is 0.909. The maximum absolute atomic E-state index is 11.8. The van der Waals surface area contributed by atoms with E-state index < -0.39 is 0 Å². The number of carbonyl (C=O) groups is 1. The van der Waals surface area contributed by atoms with Gasteiger partial charge in [0, 0.05) is 23.2 Å². The third-order valence-electron chi connectivity index (χ3n) is 3.12. The molecule has 1 atom stereocenters. The van der Waals surface area contributed by atoms with Gasteiger partial charge in [-0.3, -0.25) is 4.79 Å². The molecule has 1 aliphatic rings. The van der Waals surface area contributed by atoms with Crippen molar-refractivity contribution < 1.29 is 4.79 Å². The lowest BCUT2D eigenvalue weighted by Crippen LogP contribution is -2.55. The van der Waals surface area contributed by atoms with Crippen LogP contribution in [0.4, 0.5) is 5.69 Å². The van der Waals surface area contributed by atoms with E-state index >= 15 is 0 Å². The first kappa shape index (κ1) is 12.9. The monoisotopic (exact) mass is 307 g/mol. The van der Waals surface area contributed by atoms with Crippen LogP contribution >= 0.6 is 15.9 Å². The molecule has 0 radical (unpaired) electrons. The number of anilines is 1. The highest BCUT2D eigenvalue weighted by molar-refractivity contribution is 9.10. The first-order valence-electron chi connectivity index (χ1n) is 5.91. The van der Waals surface area contributed by atoms with Gasteiger partial charge >= 0.3 is 0 Å². The molecule has 0 saturated carbocycles. The molecule has 1 unspecified atom stereocenters.